The maximum absolute atomic E-state index is 12.2. The molecule has 0 aliphatic heterocycles. The molecule has 0 amide bonds. The Balaban J connectivity index is 2.10. The number of Topliss-reactive ketones (excluding diaryl/α,β-unsaturated/α-hetero) is 1. The maximum Gasteiger partial charge on any atom is 0.307 e. The summed E-state index contributed by atoms with van der Waals surface area (Å²) in [7, 11) is 3.15. The van der Waals surface area contributed by atoms with Gasteiger partial charge in [0.05, 0.1) is 25.8 Å². The summed E-state index contributed by atoms with van der Waals surface area (Å²) in [6, 6.07) is 5.52. The third-order valence-electron chi connectivity index (χ3n) is 4.13. The number of carboxylic acid groups (broad SMARTS) is 1. The minimum Gasteiger partial charge on any atom is -0.493 e. The summed E-state index contributed by atoms with van der Waals surface area (Å²) in [5.74, 6) is -0.552. The summed E-state index contributed by atoms with van der Waals surface area (Å²) in [5, 5.41) is 11.8. The first kappa shape index (κ1) is 19.9. The van der Waals surface area contributed by atoms with Crippen LogP contribution in [0.15, 0.2) is 23.6 Å². The monoisotopic (exact) mass is 377 g/mol. The van der Waals surface area contributed by atoms with Crippen molar-refractivity contribution < 1.29 is 24.2 Å². The Morgan fingerprint density at radius 2 is 1.88 bits per heavy atom. The van der Waals surface area contributed by atoms with E-state index in [9.17, 15) is 14.7 Å². The van der Waals surface area contributed by atoms with E-state index in [1.165, 1.54) is 11.3 Å². The van der Waals surface area contributed by atoms with Crippen LogP contribution in [0.3, 0.4) is 0 Å². The summed E-state index contributed by atoms with van der Waals surface area (Å²) in [6.07, 6.45) is 0.163. The number of ether oxygens (including phenoxy) is 2. The first-order chi connectivity index (χ1) is 12.3. The quantitative estimate of drug-likeness (QED) is 0.717. The van der Waals surface area contributed by atoms with Crippen LogP contribution in [-0.4, -0.2) is 36.1 Å². The molecule has 2 aromatic rings. The molecule has 140 valence electrons. The Kier molecular flexibility index (Phi) is 6.74. The van der Waals surface area contributed by atoms with Crippen LogP contribution in [0.25, 0.3) is 10.6 Å². The molecule has 7 heteroatoms. The zero-order chi connectivity index (χ0) is 19.3. The van der Waals surface area contributed by atoms with Crippen LogP contribution in [0.2, 0.25) is 0 Å². The van der Waals surface area contributed by atoms with Crippen molar-refractivity contribution in [2.75, 3.05) is 14.2 Å². The lowest BCUT2D eigenvalue weighted by molar-refractivity contribution is -0.145. The lowest BCUT2D eigenvalue weighted by Gasteiger charge is -2.14. The SMILES string of the molecule is COc1ccc(-c2nc(CC(=O)C[C@H](C(=O)O)C(C)C)cs2)cc1OC. The van der Waals surface area contributed by atoms with Gasteiger partial charge in [-0.25, -0.2) is 4.98 Å². The lowest BCUT2D eigenvalue weighted by Crippen LogP contribution is -2.23. The summed E-state index contributed by atoms with van der Waals surface area (Å²) in [6.45, 7) is 3.62. The van der Waals surface area contributed by atoms with E-state index in [2.05, 4.69) is 4.98 Å². The predicted molar refractivity (Wildman–Crippen MR) is 99.9 cm³/mol. The normalized spacial score (nSPS) is 12.0. The molecule has 0 spiro atoms. The minimum absolute atomic E-state index is 0.0240. The van der Waals surface area contributed by atoms with Gasteiger partial charge in [-0.3, -0.25) is 9.59 Å². The summed E-state index contributed by atoms with van der Waals surface area (Å²) < 4.78 is 10.5. The number of carboxylic acids is 1. The average molecular weight is 377 g/mol. The molecule has 0 aliphatic carbocycles. The molecule has 0 fully saturated rings. The van der Waals surface area contributed by atoms with E-state index in [0.717, 1.165) is 10.6 Å². The maximum atomic E-state index is 12.2. The fourth-order valence-corrected chi connectivity index (χ4v) is 3.43. The number of nitrogens with zero attached hydrogens (tertiary/aromatic N) is 1. The highest BCUT2D eigenvalue weighted by atomic mass is 32.1. The molecule has 1 aromatic heterocycles. The molecule has 0 saturated heterocycles. The van der Waals surface area contributed by atoms with E-state index in [4.69, 9.17) is 9.47 Å². The molecule has 0 radical (unpaired) electrons. The van der Waals surface area contributed by atoms with Gasteiger partial charge in [0.2, 0.25) is 0 Å². The van der Waals surface area contributed by atoms with Crippen LogP contribution in [-0.2, 0) is 16.0 Å². The van der Waals surface area contributed by atoms with E-state index in [1.54, 1.807) is 20.3 Å². The fraction of sp³-hybridized carbons (Fsp3) is 0.421. The summed E-state index contributed by atoms with van der Waals surface area (Å²) in [4.78, 5) is 28.0. The summed E-state index contributed by atoms with van der Waals surface area (Å²) in [5.41, 5.74) is 1.52. The van der Waals surface area contributed by atoms with E-state index in [-0.39, 0.29) is 24.5 Å². The molecule has 6 nitrogen and oxygen atoms in total. The fourth-order valence-electron chi connectivity index (χ4n) is 2.62. The van der Waals surface area contributed by atoms with Crippen LogP contribution in [0.1, 0.15) is 26.0 Å². The average Bonchev–Trinajstić information content (AvgIpc) is 3.06. The smallest absolute Gasteiger partial charge is 0.307 e. The van der Waals surface area contributed by atoms with Gasteiger partial charge in [-0.1, -0.05) is 13.8 Å². The van der Waals surface area contributed by atoms with Crippen LogP contribution < -0.4 is 9.47 Å². The molecule has 0 bridgehead atoms. The Labute approximate surface area is 156 Å². The number of carbonyl (C=O) groups is 2. The van der Waals surface area contributed by atoms with Crippen molar-refractivity contribution in [1.82, 2.24) is 4.98 Å². The number of benzene rings is 1. The van der Waals surface area contributed by atoms with Gasteiger partial charge in [0.1, 0.15) is 10.8 Å². The van der Waals surface area contributed by atoms with E-state index in [1.807, 2.05) is 31.4 Å². The van der Waals surface area contributed by atoms with Crippen LogP contribution in [0.4, 0.5) is 0 Å². The van der Waals surface area contributed by atoms with Crippen LogP contribution in [0, 0.1) is 11.8 Å². The topological polar surface area (TPSA) is 85.7 Å². The Bertz CT molecular complexity index is 784. The first-order valence-electron chi connectivity index (χ1n) is 8.27. The predicted octanol–water partition coefficient (Wildman–Crippen LogP) is 3.69. The molecule has 1 aromatic carbocycles. The zero-order valence-electron chi connectivity index (χ0n) is 15.3. The molecular formula is C19H23NO5S. The number of rotatable bonds is 9. The largest absolute Gasteiger partial charge is 0.493 e. The van der Waals surface area contributed by atoms with E-state index < -0.39 is 11.9 Å². The van der Waals surface area contributed by atoms with Crippen molar-refractivity contribution in [3.05, 3.63) is 29.3 Å². The second-order valence-electron chi connectivity index (χ2n) is 6.32. The Hall–Kier alpha value is -2.41. The van der Waals surface area contributed by atoms with Crippen LogP contribution >= 0.6 is 11.3 Å². The number of carbonyl (C=O) groups excluding carboxylic acids is 1. The molecule has 0 aliphatic rings. The molecule has 0 saturated carbocycles. The minimum atomic E-state index is -0.933. The van der Waals surface area contributed by atoms with Gasteiger partial charge in [-0.15, -0.1) is 11.3 Å². The third kappa shape index (κ3) is 4.82. The van der Waals surface area contributed by atoms with E-state index >= 15 is 0 Å². The van der Waals surface area contributed by atoms with Gasteiger partial charge >= 0.3 is 5.97 Å². The standard InChI is InChI=1S/C19H23NO5S/c1-11(2)15(19(22)23)9-14(21)8-13-10-26-18(20-13)12-5-6-16(24-3)17(7-12)25-4/h5-7,10-11,15H,8-9H2,1-4H3,(H,22,23)/t15-/m0/s1. The van der Waals surface area contributed by atoms with Crippen molar-refractivity contribution >= 4 is 23.1 Å². The van der Waals surface area contributed by atoms with Crippen molar-refractivity contribution in [1.29, 1.82) is 0 Å². The van der Waals surface area contributed by atoms with Gasteiger partial charge in [-0.05, 0) is 24.1 Å². The molecule has 1 atom stereocenters. The third-order valence-corrected chi connectivity index (χ3v) is 5.07. The number of hydrogen-bond donors (Lipinski definition) is 1. The van der Waals surface area contributed by atoms with Gasteiger partial charge in [0, 0.05) is 23.8 Å². The van der Waals surface area contributed by atoms with Gasteiger partial charge in [0.15, 0.2) is 11.5 Å². The van der Waals surface area contributed by atoms with Gasteiger partial charge in [-0.2, -0.15) is 0 Å². The van der Waals surface area contributed by atoms with Crippen LogP contribution in [0.5, 0.6) is 11.5 Å². The molecule has 26 heavy (non-hydrogen) atoms. The van der Waals surface area contributed by atoms with Crippen molar-refractivity contribution in [3.8, 4) is 22.1 Å². The highest BCUT2D eigenvalue weighted by Gasteiger charge is 2.25. The second-order valence-corrected chi connectivity index (χ2v) is 7.18. The Morgan fingerprint density at radius 3 is 2.46 bits per heavy atom. The lowest BCUT2D eigenvalue weighted by atomic mass is 9.90. The summed E-state index contributed by atoms with van der Waals surface area (Å²) >= 11 is 1.43. The second kappa shape index (κ2) is 8.80. The number of hydrogen-bond acceptors (Lipinski definition) is 6. The number of aromatic nitrogens is 1. The van der Waals surface area contributed by atoms with Gasteiger partial charge < -0.3 is 14.6 Å². The number of thiazole rings is 1. The molecule has 2 rings (SSSR count). The van der Waals surface area contributed by atoms with Crippen molar-refractivity contribution in [3.63, 3.8) is 0 Å². The molecule has 1 N–H and O–H groups in total. The number of ketones is 1. The highest BCUT2D eigenvalue weighted by Crippen LogP contribution is 2.33. The highest BCUT2D eigenvalue weighted by molar-refractivity contribution is 7.13. The first-order valence-corrected chi connectivity index (χ1v) is 9.15. The number of aliphatic carboxylic acids is 1. The van der Waals surface area contributed by atoms with Crippen molar-refractivity contribution in [2.45, 2.75) is 26.7 Å². The molecular weight excluding hydrogens is 354 g/mol. The molecule has 0 unspecified atom stereocenters. The van der Waals surface area contributed by atoms with Gasteiger partial charge in [0.25, 0.3) is 0 Å². The Morgan fingerprint density at radius 1 is 1.19 bits per heavy atom. The molecule has 1 heterocycles. The van der Waals surface area contributed by atoms with Crippen molar-refractivity contribution in [2.24, 2.45) is 11.8 Å². The van der Waals surface area contributed by atoms with E-state index in [0.29, 0.717) is 17.2 Å². The zero-order valence-corrected chi connectivity index (χ0v) is 16.1. The number of methoxy groups -OCH3 is 2.